The highest BCUT2D eigenvalue weighted by Crippen LogP contribution is 2.51. The summed E-state index contributed by atoms with van der Waals surface area (Å²) in [6.45, 7) is 1.90. The fourth-order valence-electron chi connectivity index (χ4n) is 4.91. The van der Waals surface area contributed by atoms with Crippen molar-refractivity contribution in [2.45, 2.75) is 30.2 Å². The summed E-state index contributed by atoms with van der Waals surface area (Å²) in [5.41, 5.74) is 4.18. The fourth-order valence-corrected chi connectivity index (χ4v) is 6.53. The van der Waals surface area contributed by atoms with Crippen molar-refractivity contribution in [1.82, 2.24) is 0 Å². The van der Waals surface area contributed by atoms with Crippen molar-refractivity contribution in [2.24, 2.45) is 5.92 Å². The van der Waals surface area contributed by atoms with Gasteiger partial charge < -0.3 is 10.1 Å². The third kappa shape index (κ3) is 4.15. The van der Waals surface area contributed by atoms with Gasteiger partial charge in [0, 0.05) is 21.7 Å². The van der Waals surface area contributed by atoms with Crippen molar-refractivity contribution >= 4 is 44.6 Å². The SMILES string of the molecule is COc1ccc(C)cc1NS(=O)(=O)c1ccc2c(c1)[C@H]1C=CC[C@H]1[C@@H](c1ccc(Cl)cc1Cl)N2. The Morgan fingerprint density at radius 2 is 1.85 bits per heavy atom. The molecule has 0 radical (unpaired) electrons. The van der Waals surface area contributed by atoms with Gasteiger partial charge in [-0.3, -0.25) is 4.72 Å². The summed E-state index contributed by atoms with van der Waals surface area (Å²) in [5.74, 6) is 0.765. The van der Waals surface area contributed by atoms with E-state index in [1.54, 1.807) is 30.3 Å². The Morgan fingerprint density at radius 1 is 1.03 bits per heavy atom. The minimum Gasteiger partial charge on any atom is -0.495 e. The van der Waals surface area contributed by atoms with Crippen LogP contribution in [0.1, 0.15) is 35.1 Å². The molecule has 0 spiro atoms. The number of fused-ring (bicyclic) bond motifs is 3. The van der Waals surface area contributed by atoms with Gasteiger partial charge in [-0.15, -0.1) is 0 Å². The second kappa shape index (κ2) is 8.84. The number of ether oxygens (including phenoxy) is 1. The molecule has 3 atom stereocenters. The van der Waals surface area contributed by atoms with Crippen LogP contribution in [0.25, 0.3) is 0 Å². The molecular formula is C26H24Cl2N2O3S. The molecule has 0 saturated heterocycles. The molecule has 0 amide bonds. The average molecular weight is 515 g/mol. The summed E-state index contributed by atoms with van der Waals surface area (Å²) < 4.78 is 34.6. The van der Waals surface area contributed by atoms with Gasteiger partial charge in [0.2, 0.25) is 0 Å². The third-order valence-electron chi connectivity index (χ3n) is 6.54. The van der Waals surface area contributed by atoms with E-state index in [1.165, 1.54) is 7.11 Å². The molecule has 2 N–H and O–H groups in total. The van der Waals surface area contributed by atoms with Crippen LogP contribution in [-0.2, 0) is 10.0 Å². The second-order valence-corrected chi connectivity index (χ2v) is 11.2. The summed E-state index contributed by atoms with van der Waals surface area (Å²) >= 11 is 12.6. The van der Waals surface area contributed by atoms with E-state index in [1.807, 2.05) is 31.2 Å². The molecule has 2 aliphatic rings. The molecule has 0 aromatic heterocycles. The van der Waals surface area contributed by atoms with Gasteiger partial charge in [0.15, 0.2) is 0 Å². The Bertz CT molecular complexity index is 1410. The van der Waals surface area contributed by atoms with Gasteiger partial charge in [0.25, 0.3) is 10.0 Å². The highest BCUT2D eigenvalue weighted by atomic mass is 35.5. The van der Waals surface area contributed by atoms with E-state index in [4.69, 9.17) is 27.9 Å². The number of anilines is 2. The van der Waals surface area contributed by atoms with Crippen LogP contribution in [0.5, 0.6) is 5.75 Å². The van der Waals surface area contributed by atoms with Crippen LogP contribution in [-0.4, -0.2) is 15.5 Å². The maximum atomic E-state index is 13.3. The first-order valence-corrected chi connectivity index (χ1v) is 13.2. The number of sulfonamides is 1. The molecule has 3 aromatic rings. The number of halogens is 2. The molecule has 5 rings (SSSR count). The van der Waals surface area contributed by atoms with Gasteiger partial charge in [-0.25, -0.2) is 8.42 Å². The summed E-state index contributed by atoms with van der Waals surface area (Å²) in [4.78, 5) is 0.207. The number of allylic oxidation sites excluding steroid dienone is 2. The number of hydrogen-bond acceptors (Lipinski definition) is 4. The standard InChI is InChI=1S/C26H24Cl2N2O3S/c1-15-6-11-25(33-2)24(12-15)30-34(31,32)17-8-10-23-21(14-17)18-4-3-5-19(18)26(29-23)20-9-7-16(27)13-22(20)28/h3-4,6-14,18-19,26,29-30H,5H2,1-2H3/t18-,19+,26-/m0/s1. The number of methoxy groups -OCH3 is 1. The Labute approximate surface area is 209 Å². The van der Waals surface area contributed by atoms with Gasteiger partial charge in [-0.1, -0.05) is 47.5 Å². The molecule has 34 heavy (non-hydrogen) atoms. The van der Waals surface area contributed by atoms with E-state index in [0.717, 1.165) is 28.8 Å². The minimum atomic E-state index is -3.82. The van der Waals surface area contributed by atoms with Gasteiger partial charge in [-0.2, -0.15) is 0 Å². The third-order valence-corrected chi connectivity index (χ3v) is 8.47. The zero-order valence-corrected chi connectivity index (χ0v) is 21.0. The largest absolute Gasteiger partial charge is 0.495 e. The molecule has 1 aliphatic carbocycles. The highest BCUT2D eigenvalue weighted by molar-refractivity contribution is 7.92. The number of rotatable bonds is 5. The lowest BCUT2D eigenvalue weighted by Gasteiger charge is -2.38. The van der Waals surface area contributed by atoms with Gasteiger partial charge in [0.05, 0.1) is 23.7 Å². The lowest BCUT2D eigenvalue weighted by molar-refractivity contribution is 0.417. The van der Waals surface area contributed by atoms with Crippen molar-refractivity contribution in [3.8, 4) is 5.75 Å². The Balaban J connectivity index is 1.50. The number of aryl methyl sites for hydroxylation is 1. The van der Waals surface area contributed by atoms with Gasteiger partial charge in [-0.05, 0) is 78.4 Å². The Hall–Kier alpha value is -2.67. The fraction of sp³-hybridized carbons (Fsp3) is 0.231. The van der Waals surface area contributed by atoms with Gasteiger partial charge in [0.1, 0.15) is 5.75 Å². The molecular weight excluding hydrogens is 491 g/mol. The molecule has 5 nitrogen and oxygen atoms in total. The first-order valence-electron chi connectivity index (χ1n) is 11.0. The lowest BCUT2D eigenvalue weighted by atomic mass is 9.77. The molecule has 0 fully saturated rings. The molecule has 0 unspecified atom stereocenters. The van der Waals surface area contributed by atoms with E-state index < -0.39 is 10.0 Å². The van der Waals surface area contributed by atoms with Crippen molar-refractivity contribution < 1.29 is 13.2 Å². The van der Waals surface area contributed by atoms with Crippen LogP contribution in [0.4, 0.5) is 11.4 Å². The average Bonchev–Trinajstić information content (AvgIpc) is 3.29. The zero-order chi connectivity index (χ0) is 24.0. The first kappa shape index (κ1) is 23.1. The summed E-state index contributed by atoms with van der Waals surface area (Å²) in [6.07, 6.45) is 5.19. The van der Waals surface area contributed by atoms with Crippen molar-refractivity contribution in [3.63, 3.8) is 0 Å². The lowest BCUT2D eigenvalue weighted by Crippen LogP contribution is -2.29. The van der Waals surface area contributed by atoms with Crippen LogP contribution in [0, 0.1) is 12.8 Å². The maximum absolute atomic E-state index is 13.3. The molecule has 176 valence electrons. The predicted octanol–water partition coefficient (Wildman–Crippen LogP) is 6.94. The summed E-state index contributed by atoms with van der Waals surface area (Å²) in [5, 5.41) is 4.81. The van der Waals surface area contributed by atoms with Crippen LogP contribution < -0.4 is 14.8 Å². The molecule has 0 bridgehead atoms. The molecule has 1 heterocycles. The molecule has 3 aromatic carbocycles. The Kier molecular flexibility index (Phi) is 6.00. The van der Waals surface area contributed by atoms with Crippen molar-refractivity contribution in [3.05, 3.63) is 93.5 Å². The van der Waals surface area contributed by atoms with Crippen LogP contribution in [0.3, 0.4) is 0 Å². The van der Waals surface area contributed by atoms with Crippen molar-refractivity contribution in [1.29, 1.82) is 0 Å². The second-order valence-electron chi connectivity index (χ2n) is 8.70. The van der Waals surface area contributed by atoms with Gasteiger partial charge >= 0.3 is 0 Å². The van der Waals surface area contributed by atoms with E-state index in [2.05, 4.69) is 22.2 Å². The van der Waals surface area contributed by atoms with E-state index in [9.17, 15) is 8.42 Å². The predicted molar refractivity (Wildman–Crippen MR) is 138 cm³/mol. The number of benzene rings is 3. The smallest absolute Gasteiger partial charge is 0.262 e. The Morgan fingerprint density at radius 3 is 2.62 bits per heavy atom. The van der Waals surface area contributed by atoms with Crippen LogP contribution >= 0.6 is 23.2 Å². The van der Waals surface area contributed by atoms with Crippen LogP contribution in [0.15, 0.2) is 71.6 Å². The topological polar surface area (TPSA) is 67.4 Å². The molecule has 8 heteroatoms. The minimum absolute atomic E-state index is 0.00518. The number of nitrogens with one attached hydrogen (secondary N) is 2. The number of hydrogen-bond donors (Lipinski definition) is 2. The quantitative estimate of drug-likeness (QED) is 0.362. The normalized spacial score (nSPS) is 20.9. The summed E-state index contributed by atoms with van der Waals surface area (Å²) in [7, 11) is -2.30. The van der Waals surface area contributed by atoms with E-state index in [0.29, 0.717) is 21.5 Å². The van der Waals surface area contributed by atoms with E-state index >= 15 is 0 Å². The van der Waals surface area contributed by atoms with E-state index in [-0.39, 0.29) is 22.8 Å². The van der Waals surface area contributed by atoms with Crippen LogP contribution in [0.2, 0.25) is 10.0 Å². The maximum Gasteiger partial charge on any atom is 0.262 e. The highest BCUT2D eigenvalue weighted by Gasteiger charge is 2.39. The molecule has 0 saturated carbocycles. The molecule has 1 aliphatic heterocycles. The van der Waals surface area contributed by atoms with Crippen molar-refractivity contribution in [2.75, 3.05) is 17.1 Å². The first-order chi connectivity index (χ1) is 16.3. The monoisotopic (exact) mass is 514 g/mol. The summed E-state index contributed by atoms with van der Waals surface area (Å²) in [6, 6.07) is 16.2. The zero-order valence-electron chi connectivity index (χ0n) is 18.7.